The minimum absolute atomic E-state index is 0.00833. The van der Waals surface area contributed by atoms with E-state index in [-0.39, 0.29) is 23.7 Å². The molecule has 1 fully saturated rings. The molecule has 19 heavy (non-hydrogen) atoms. The fourth-order valence-corrected chi connectivity index (χ4v) is 2.88. The van der Waals surface area contributed by atoms with Crippen LogP contribution in [0.3, 0.4) is 0 Å². The highest BCUT2D eigenvalue weighted by molar-refractivity contribution is 5.97. The summed E-state index contributed by atoms with van der Waals surface area (Å²) in [4.78, 5) is 14.2. The molecule has 102 valence electrons. The summed E-state index contributed by atoms with van der Waals surface area (Å²) in [5.41, 5.74) is 6.53. The maximum atomic E-state index is 13.2. The smallest absolute Gasteiger partial charge is 0.230 e. The minimum Gasteiger partial charge on any atom is -0.489 e. The Hall–Kier alpha value is -1.62. The number of fused-ring (bicyclic) bond motifs is 1. The summed E-state index contributed by atoms with van der Waals surface area (Å²) in [5.74, 6) is 0.174. The van der Waals surface area contributed by atoms with E-state index < -0.39 is 0 Å². The first-order valence-corrected chi connectivity index (χ1v) is 6.64. The largest absolute Gasteiger partial charge is 0.489 e. The Bertz CT molecular complexity index is 506. The van der Waals surface area contributed by atoms with Crippen molar-refractivity contribution in [3.05, 3.63) is 24.0 Å². The number of carbonyl (C=O) groups excluding carboxylic acids is 1. The van der Waals surface area contributed by atoms with Crippen molar-refractivity contribution in [1.82, 2.24) is 0 Å². The maximum absolute atomic E-state index is 13.2. The SMILES string of the molecule is N[C@H]1CC[C@H](C(=O)N2CCOc3cc(F)ccc32)C1. The average molecular weight is 264 g/mol. The molecule has 1 saturated carbocycles. The van der Waals surface area contributed by atoms with Crippen LogP contribution in [-0.4, -0.2) is 25.1 Å². The van der Waals surface area contributed by atoms with E-state index in [0.717, 1.165) is 19.3 Å². The Morgan fingerprint density at radius 2 is 2.26 bits per heavy atom. The minimum atomic E-state index is -0.351. The molecule has 1 aliphatic carbocycles. The summed E-state index contributed by atoms with van der Waals surface area (Å²) in [6.07, 6.45) is 2.48. The molecule has 0 unspecified atom stereocenters. The molecule has 1 aromatic rings. The lowest BCUT2D eigenvalue weighted by Gasteiger charge is -2.31. The number of carbonyl (C=O) groups is 1. The van der Waals surface area contributed by atoms with E-state index in [1.807, 2.05) is 0 Å². The molecule has 2 atom stereocenters. The number of rotatable bonds is 1. The van der Waals surface area contributed by atoms with Gasteiger partial charge in [0, 0.05) is 18.0 Å². The second kappa shape index (κ2) is 4.81. The second-order valence-corrected chi connectivity index (χ2v) is 5.22. The Morgan fingerprint density at radius 1 is 1.42 bits per heavy atom. The number of nitrogens with two attached hydrogens (primary N) is 1. The van der Waals surface area contributed by atoms with E-state index in [0.29, 0.717) is 24.6 Å². The van der Waals surface area contributed by atoms with Crippen molar-refractivity contribution in [2.24, 2.45) is 11.7 Å². The van der Waals surface area contributed by atoms with Gasteiger partial charge in [0.1, 0.15) is 18.2 Å². The third-order valence-corrected chi connectivity index (χ3v) is 3.87. The van der Waals surface area contributed by atoms with E-state index in [4.69, 9.17) is 10.5 Å². The maximum Gasteiger partial charge on any atom is 0.230 e. The van der Waals surface area contributed by atoms with Crippen LogP contribution in [0, 0.1) is 11.7 Å². The van der Waals surface area contributed by atoms with E-state index in [2.05, 4.69) is 0 Å². The molecule has 2 N–H and O–H groups in total. The molecule has 0 bridgehead atoms. The van der Waals surface area contributed by atoms with Crippen molar-refractivity contribution in [3.8, 4) is 5.75 Å². The third kappa shape index (κ3) is 2.30. The Balaban J connectivity index is 1.85. The van der Waals surface area contributed by atoms with Crippen molar-refractivity contribution in [2.45, 2.75) is 25.3 Å². The fraction of sp³-hybridized carbons (Fsp3) is 0.500. The van der Waals surface area contributed by atoms with Crippen molar-refractivity contribution in [2.75, 3.05) is 18.1 Å². The molecule has 1 amide bonds. The van der Waals surface area contributed by atoms with Crippen LogP contribution in [0.25, 0.3) is 0 Å². The van der Waals surface area contributed by atoms with E-state index in [1.165, 1.54) is 12.1 Å². The van der Waals surface area contributed by atoms with E-state index >= 15 is 0 Å². The number of benzene rings is 1. The molecule has 1 aromatic carbocycles. The van der Waals surface area contributed by atoms with Gasteiger partial charge in [-0.05, 0) is 31.4 Å². The van der Waals surface area contributed by atoms with Gasteiger partial charge in [-0.2, -0.15) is 0 Å². The highest BCUT2D eigenvalue weighted by Gasteiger charge is 2.33. The number of nitrogens with zero attached hydrogens (tertiary/aromatic N) is 1. The third-order valence-electron chi connectivity index (χ3n) is 3.87. The van der Waals surface area contributed by atoms with Crippen LogP contribution in [0.4, 0.5) is 10.1 Å². The van der Waals surface area contributed by atoms with Gasteiger partial charge in [0.05, 0.1) is 12.2 Å². The van der Waals surface area contributed by atoms with Gasteiger partial charge >= 0.3 is 0 Å². The van der Waals surface area contributed by atoms with Gasteiger partial charge in [0.2, 0.25) is 5.91 Å². The molecular weight excluding hydrogens is 247 g/mol. The van der Waals surface area contributed by atoms with Crippen LogP contribution in [0.5, 0.6) is 5.75 Å². The van der Waals surface area contributed by atoms with E-state index in [9.17, 15) is 9.18 Å². The lowest BCUT2D eigenvalue weighted by Crippen LogP contribution is -2.41. The summed E-state index contributed by atoms with van der Waals surface area (Å²) in [7, 11) is 0. The molecule has 1 aliphatic heterocycles. The van der Waals surface area contributed by atoms with Crippen LogP contribution in [0.1, 0.15) is 19.3 Å². The van der Waals surface area contributed by atoms with Crippen LogP contribution >= 0.6 is 0 Å². The summed E-state index contributed by atoms with van der Waals surface area (Å²) >= 11 is 0. The molecule has 2 aliphatic rings. The molecule has 0 radical (unpaired) electrons. The highest BCUT2D eigenvalue weighted by Crippen LogP contribution is 2.35. The van der Waals surface area contributed by atoms with Crippen molar-refractivity contribution in [1.29, 1.82) is 0 Å². The molecule has 5 heteroatoms. The fourth-order valence-electron chi connectivity index (χ4n) is 2.88. The zero-order valence-corrected chi connectivity index (χ0v) is 10.6. The first kappa shape index (κ1) is 12.4. The molecule has 3 rings (SSSR count). The summed E-state index contributed by atoms with van der Waals surface area (Å²) < 4.78 is 18.6. The lowest BCUT2D eigenvalue weighted by molar-refractivity contribution is -0.122. The normalized spacial score (nSPS) is 25.9. The van der Waals surface area contributed by atoms with Crippen LogP contribution in [-0.2, 0) is 4.79 Å². The predicted octanol–water partition coefficient (Wildman–Crippen LogP) is 1.68. The molecule has 1 heterocycles. The number of anilines is 1. The first-order chi connectivity index (χ1) is 9.15. The number of hydrogen-bond donors (Lipinski definition) is 1. The van der Waals surface area contributed by atoms with Crippen molar-refractivity contribution in [3.63, 3.8) is 0 Å². The Labute approximate surface area is 111 Å². The second-order valence-electron chi connectivity index (χ2n) is 5.22. The lowest BCUT2D eigenvalue weighted by atomic mass is 10.1. The molecule has 0 spiro atoms. The molecule has 0 saturated heterocycles. The van der Waals surface area contributed by atoms with Crippen molar-refractivity contribution < 1.29 is 13.9 Å². The van der Waals surface area contributed by atoms with Gasteiger partial charge in [-0.15, -0.1) is 0 Å². The van der Waals surface area contributed by atoms with Gasteiger partial charge in [-0.25, -0.2) is 4.39 Å². The van der Waals surface area contributed by atoms with Gasteiger partial charge in [0.15, 0.2) is 0 Å². The van der Waals surface area contributed by atoms with Gasteiger partial charge in [-0.1, -0.05) is 0 Å². The predicted molar refractivity (Wildman–Crippen MR) is 69.6 cm³/mol. The highest BCUT2D eigenvalue weighted by atomic mass is 19.1. The van der Waals surface area contributed by atoms with Gasteiger partial charge in [-0.3, -0.25) is 4.79 Å². The summed E-state index contributed by atoms with van der Waals surface area (Å²) in [5, 5.41) is 0. The Kier molecular flexibility index (Phi) is 3.14. The number of ether oxygens (including phenoxy) is 1. The number of halogens is 1. The zero-order valence-electron chi connectivity index (χ0n) is 10.6. The molecule has 4 nitrogen and oxygen atoms in total. The topological polar surface area (TPSA) is 55.6 Å². The number of hydrogen-bond acceptors (Lipinski definition) is 3. The Morgan fingerprint density at radius 3 is 3.00 bits per heavy atom. The summed E-state index contributed by atoms with van der Waals surface area (Å²) in [6, 6.07) is 4.42. The van der Waals surface area contributed by atoms with Crippen molar-refractivity contribution >= 4 is 11.6 Å². The molecule has 0 aromatic heterocycles. The monoisotopic (exact) mass is 264 g/mol. The van der Waals surface area contributed by atoms with Gasteiger partial charge < -0.3 is 15.4 Å². The number of amides is 1. The van der Waals surface area contributed by atoms with Gasteiger partial charge in [0.25, 0.3) is 0 Å². The quantitative estimate of drug-likeness (QED) is 0.839. The van der Waals surface area contributed by atoms with E-state index in [1.54, 1.807) is 11.0 Å². The van der Waals surface area contributed by atoms with Crippen LogP contribution in [0.15, 0.2) is 18.2 Å². The average Bonchev–Trinajstić information content (AvgIpc) is 2.83. The zero-order chi connectivity index (χ0) is 13.4. The van der Waals surface area contributed by atoms with Crippen LogP contribution in [0.2, 0.25) is 0 Å². The summed E-state index contributed by atoms with van der Waals surface area (Å²) in [6.45, 7) is 0.921. The van der Waals surface area contributed by atoms with Crippen LogP contribution < -0.4 is 15.4 Å². The molecular formula is C14H17FN2O2. The standard InChI is InChI=1S/C14H17FN2O2/c15-10-2-4-12-13(8-10)19-6-5-17(12)14(18)9-1-3-11(16)7-9/h2,4,8-9,11H,1,3,5-7,16H2/t9-,11-/m0/s1. The first-order valence-electron chi connectivity index (χ1n) is 6.64.